The first kappa shape index (κ1) is 17.3. The maximum Gasteiger partial charge on any atom is 0.222 e. The lowest BCUT2D eigenvalue weighted by molar-refractivity contribution is -0.132. The molecule has 3 aliphatic rings. The molecule has 1 aliphatic carbocycles. The van der Waals surface area contributed by atoms with E-state index in [0.29, 0.717) is 25.3 Å². The third-order valence-corrected chi connectivity index (χ3v) is 6.06. The lowest BCUT2D eigenvalue weighted by atomic mass is 9.98. The molecule has 26 heavy (non-hydrogen) atoms. The summed E-state index contributed by atoms with van der Waals surface area (Å²) in [5.41, 5.74) is 2.38. The number of carbonyl (C=O) groups is 1. The molecule has 1 aromatic heterocycles. The van der Waals surface area contributed by atoms with Gasteiger partial charge in [0.15, 0.2) is 5.66 Å². The maximum absolute atomic E-state index is 12.6. The van der Waals surface area contributed by atoms with Crippen LogP contribution in [0.4, 0.5) is 0 Å². The highest BCUT2D eigenvalue weighted by Crippen LogP contribution is 2.38. The molecule has 138 valence electrons. The summed E-state index contributed by atoms with van der Waals surface area (Å²) in [5, 5.41) is 8.25. The first-order valence-electron chi connectivity index (χ1n) is 9.91. The Hall–Kier alpha value is -2.16. The van der Waals surface area contributed by atoms with Crippen LogP contribution in [-0.2, 0) is 17.6 Å². The number of nitrogens with zero attached hydrogens (tertiary/aromatic N) is 5. The average Bonchev–Trinajstić information content (AvgIpc) is 3.33. The summed E-state index contributed by atoms with van der Waals surface area (Å²) < 4.78 is 2.40. The van der Waals surface area contributed by atoms with Gasteiger partial charge in [0.1, 0.15) is 0 Å². The van der Waals surface area contributed by atoms with Gasteiger partial charge in [0, 0.05) is 50.5 Å². The zero-order chi connectivity index (χ0) is 18.0. The normalized spacial score (nSPS) is 21.3. The molecule has 0 aromatic carbocycles. The number of rotatable bonds is 6. The van der Waals surface area contributed by atoms with Crippen molar-refractivity contribution in [3.63, 3.8) is 0 Å². The Kier molecular flexibility index (Phi) is 4.80. The Morgan fingerprint density at radius 2 is 2.00 bits per heavy atom. The van der Waals surface area contributed by atoms with Gasteiger partial charge in [-0.2, -0.15) is 10.2 Å². The lowest BCUT2D eigenvalue weighted by Crippen LogP contribution is -2.39. The zero-order valence-corrected chi connectivity index (χ0v) is 15.4. The molecule has 1 amide bonds. The van der Waals surface area contributed by atoms with Crippen LogP contribution < -0.4 is 0 Å². The highest BCUT2D eigenvalue weighted by Gasteiger charge is 2.39. The third kappa shape index (κ3) is 3.53. The average molecular weight is 353 g/mol. The number of hydrogen-bond acceptors (Lipinski definition) is 4. The van der Waals surface area contributed by atoms with E-state index in [4.69, 9.17) is 6.42 Å². The molecule has 2 aliphatic heterocycles. The van der Waals surface area contributed by atoms with Crippen molar-refractivity contribution in [1.29, 1.82) is 0 Å². The van der Waals surface area contributed by atoms with Crippen LogP contribution in [0.2, 0.25) is 0 Å². The fraction of sp³-hybridized carbons (Fsp3) is 0.700. The number of likely N-dealkylation sites (tertiary alicyclic amines) is 1. The predicted octanol–water partition coefficient (Wildman–Crippen LogP) is 3.28. The van der Waals surface area contributed by atoms with Gasteiger partial charge >= 0.3 is 0 Å². The van der Waals surface area contributed by atoms with Gasteiger partial charge in [-0.3, -0.25) is 4.79 Å². The Labute approximate surface area is 155 Å². The van der Waals surface area contributed by atoms with Crippen LogP contribution in [-0.4, -0.2) is 39.1 Å². The fourth-order valence-electron chi connectivity index (χ4n) is 4.33. The highest BCUT2D eigenvalue weighted by molar-refractivity contribution is 5.76. The van der Waals surface area contributed by atoms with Crippen LogP contribution >= 0.6 is 0 Å². The predicted molar refractivity (Wildman–Crippen MR) is 98.6 cm³/mol. The van der Waals surface area contributed by atoms with E-state index in [9.17, 15) is 4.79 Å². The highest BCUT2D eigenvalue weighted by atomic mass is 16.2. The number of amides is 1. The van der Waals surface area contributed by atoms with Gasteiger partial charge in [-0.25, -0.2) is 4.98 Å². The zero-order valence-electron chi connectivity index (χ0n) is 15.4. The van der Waals surface area contributed by atoms with E-state index in [1.807, 2.05) is 11.2 Å². The number of carbonyl (C=O) groups excluding carboxylic acids is 1. The Morgan fingerprint density at radius 3 is 2.73 bits per heavy atom. The summed E-state index contributed by atoms with van der Waals surface area (Å²) in [7, 11) is 0. The smallest absolute Gasteiger partial charge is 0.222 e. The number of hydrogen-bond donors (Lipinski definition) is 0. The van der Waals surface area contributed by atoms with Gasteiger partial charge in [-0.05, 0) is 38.5 Å². The minimum atomic E-state index is -0.351. The van der Waals surface area contributed by atoms with E-state index < -0.39 is 0 Å². The van der Waals surface area contributed by atoms with Crippen LogP contribution in [0.3, 0.4) is 0 Å². The molecule has 1 saturated heterocycles. The molecule has 1 aromatic rings. The second kappa shape index (κ2) is 7.22. The maximum atomic E-state index is 12.6. The summed E-state index contributed by atoms with van der Waals surface area (Å²) in [6.45, 7) is 1.67. The molecular weight excluding hydrogens is 326 g/mol. The largest absolute Gasteiger partial charge is 0.343 e. The van der Waals surface area contributed by atoms with Gasteiger partial charge in [0.25, 0.3) is 0 Å². The third-order valence-electron chi connectivity index (χ3n) is 6.06. The van der Waals surface area contributed by atoms with Crippen LogP contribution in [0.1, 0.15) is 68.8 Å². The molecule has 0 atom stereocenters. The van der Waals surface area contributed by atoms with Crippen molar-refractivity contribution in [3.05, 3.63) is 17.7 Å². The number of imidazole rings is 1. The number of fused-ring (bicyclic) bond motifs is 1. The van der Waals surface area contributed by atoms with Crippen molar-refractivity contribution < 1.29 is 4.79 Å². The first-order chi connectivity index (χ1) is 12.7. The Balaban J connectivity index is 1.26. The number of piperidine rings is 1. The van der Waals surface area contributed by atoms with E-state index in [1.54, 1.807) is 0 Å². The van der Waals surface area contributed by atoms with Gasteiger partial charge in [0.05, 0.1) is 12.0 Å². The van der Waals surface area contributed by atoms with E-state index >= 15 is 0 Å². The molecule has 0 spiro atoms. The van der Waals surface area contributed by atoms with Crippen molar-refractivity contribution in [2.24, 2.45) is 10.2 Å². The van der Waals surface area contributed by atoms with Gasteiger partial charge < -0.3 is 9.47 Å². The monoisotopic (exact) mass is 353 g/mol. The minimum absolute atomic E-state index is 0.230. The van der Waals surface area contributed by atoms with Crippen molar-refractivity contribution in [1.82, 2.24) is 14.5 Å². The molecule has 6 nitrogen and oxygen atoms in total. The summed E-state index contributed by atoms with van der Waals surface area (Å²) in [5.74, 6) is 2.86. The van der Waals surface area contributed by atoms with Gasteiger partial charge in [0.2, 0.25) is 5.91 Å². The van der Waals surface area contributed by atoms with Crippen molar-refractivity contribution >= 4 is 5.91 Å². The van der Waals surface area contributed by atoms with E-state index in [1.165, 1.54) is 24.2 Å². The molecule has 1 fully saturated rings. The number of terminal acetylenes is 1. The molecule has 3 heterocycles. The second-order valence-electron chi connectivity index (χ2n) is 7.75. The van der Waals surface area contributed by atoms with Gasteiger partial charge in [-0.1, -0.05) is 0 Å². The van der Waals surface area contributed by atoms with E-state index in [0.717, 1.165) is 45.2 Å². The number of aryl methyl sites for hydroxylation is 1. The van der Waals surface area contributed by atoms with Crippen LogP contribution in [0.25, 0.3) is 0 Å². The molecule has 0 radical (unpaired) electrons. The molecule has 4 rings (SSSR count). The summed E-state index contributed by atoms with van der Waals surface area (Å²) >= 11 is 0. The van der Waals surface area contributed by atoms with Crippen molar-refractivity contribution in [2.45, 2.75) is 75.9 Å². The minimum Gasteiger partial charge on any atom is -0.343 e. The SMILES string of the molecule is C#CCCC1(CCC(=O)N2CCC(n3cnc4c3CCCC4)CC2)N=N1. The molecule has 0 saturated carbocycles. The molecule has 0 N–H and O–H groups in total. The fourth-order valence-corrected chi connectivity index (χ4v) is 4.33. The van der Waals surface area contributed by atoms with Crippen LogP contribution in [0.5, 0.6) is 0 Å². The van der Waals surface area contributed by atoms with Crippen LogP contribution in [0.15, 0.2) is 16.6 Å². The Bertz CT molecular complexity index is 730. The molecule has 0 bridgehead atoms. The van der Waals surface area contributed by atoms with Crippen LogP contribution in [0, 0.1) is 12.3 Å². The second-order valence-corrected chi connectivity index (χ2v) is 7.75. The Morgan fingerprint density at radius 1 is 1.23 bits per heavy atom. The van der Waals surface area contributed by atoms with Crippen molar-refractivity contribution in [2.75, 3.05) is 13.1 Å². The quantitative estimate of drug-likeness (QED) is 0.737. The number of aromatic nitrogens is 2. The molecular formula is C20H27N5O. The van der Waals surface area contributed by atoms with Gasteiger partial charge in [-0.15, -0.1) is 12.3 Å². The summed E-state index contributed by atoms with van der Waals surface area (Å²) in [6, 6.07) is 0.490. The van der Waals surface area contributed by atoms with E-state index in [-0.39, 0.29) is 11.6 Å². The summed E-state index contributed by atoms with van der Waals surface area (Å²) in [4.78, 5) is 19.2. The lowest BCUT2D eigenvalue weighted by Gasteiger charge is -2.34. The molecule has 0 unspecified atom stereocenters. The standard InChI is InChI=1S/C20H27N5O/c1-2-3-11-20(22-23-20)12-8-19(26)24-13-9-16(10-14-24)25-15-21-17-6-4-5-7-18(17)25/h1,15-16H,3-14H2. The first-order valence-corrected chi connectivity index (χ1v) is 9.91. The summed E-state index contributed by atoms with van der Waals surface area (Å²) in [6.07, 6.45) is 16.8. The van der Waals surface area contributed by atoms with E-state index in [2.05, 4.69) is 25.7 Å². The van der Waals surface area contributed by atoms with Crippen molar-refractivity contribution in [3.8, 4) is 12.3 Å². The molecule has 6 heteroatoms. The topological polar surface area (TPSA) is 62.9 Å².